The molecule has 0 saturated carbocycles. The molecule has 3 heterocycles. The summed E-state index contributed by atoms with van der Waals surface area (Å²) in [5, 5.41) is 1.60. The van der Waals surface area contributed by atoms with E-state index in [1.807, 2.05) is 35.2 Å². The maximum Gasteiger partial charge on any atom is 0.223 e. The molecule has 0 aliphatic carbocycles. The largest absolute Gasteiger partial charge is 0.352 e. The molecule has 1 fully saturated rings. The number of hydrogen-bond acceptors (Lipinski definition) is 4. The van der Waals surface area contributed by atoms with Crippen molar-refractivity contribution in [1.29, 1.82) is 0 Å². The van der Waals surface area contributed by atoms with E-state index >= 15 is 0 Å². The number of carbonyl (C=O) groups is 1. The van der Waals surface area contributed by atoms with Crippen LogP contribution in [0.5, 0.6) is 0 Å². The van der Waals surface area contributed by atoms with Crippen molar-refractivity contribution in [2.24, 2.45) is 0 Å². The van der Waals surface area contributed by atoms with Gasteiger partial charge in [-0.15, -0.1) is 0 Å². The van der Waals surface area contributed by atoms with Crippen molar-refractivity contribution in [3.8, 4) is 11.3 Å². The summed E-state index contributed by atoms with van der Waals surface area (Å²) in [5.41, 5.74) is 3.56. The van der Waals surface area contributed by atoms with Crippen molar-refractivity contribution < 1.29 is 9.18 Å². The van der Waals surface area contributed by atoms with Gasteiger partial charge in [0.25, 0.3) is 0 Å². The molecule has 4 aromatic rings. The van der Waals surface area contributed by atoms with Gasteiger partial charge in [-0.1, -0.05) is 30.7 Å². The molecule has 1 atom stereocenters. The molecule has 0 spiro atoms. The van der Waals surface area contributed by atoms with Crippen LogP contribution in [-0.2, 0) is 4.79 Å². The van der Waals surface area contributed by atoms with Crippen LogP contribution in [0.1, 0.15) is 24.8 Å². The summed E-state index contributed by atoms with van der Waals surface area (Å²) in [5.74, 6) is 0.833. The number of anilines is 1. The molecular formula is C26H25ClFN5O. The van der Waals surface area contributed by atoms with Crippen molar-refractivity contribution in [2.45, 2.75) is 19.3 Å². The third-order valence-corrected chi connectivity index (χ3v) is 6.63. The Morgan fingerprint density at radius 1 is 1.09 bits per heavy atom. The highest BCUT2D eigenvalue weighted by Gasteiger charge is 2.25. The molecule has 8 heteroatoms. The van der Waals surface area contributed by atoms with Crippen LogP contribution in [0.4, 0.5) is 10.2 Å². The number of nitrogens with zero attached hydrogens (tertiary/aromatic N) is 4. The molecule has 34 heavy (non-hydrogen) atoms. The summed E-state index contributed by atoms with van der Waals surface area (Å²) in [6, 6.07) is 16.1. The lowest BCUT2D eigenvalue weighted by Gasteiger charge is -2.36. The molecule has 0 bridgehead atoms. The second-order valence-electron chi connectivity index (χ2n) is 8.68. The van der Waals surface area contributed by atoms with Crippen LogP contribution >= 0.6 is 11.6 Å². The first-order valence-electron chi connectivity index (χ1n) is 11.4. The van der Waals surface area contributed by atoms with Crippen LogP contribution < -0.4 is 4.90 Å². The topological polar surface area (TPSA) is 65.1 Å². The van der Waals surface area contributed by atoms with Crippen LogP contribution in [0.3, 0.4) is 0 Å². The third kappa shape index (κ3) is 4.61. The Morgan fingerprint density at radius 3 is 2.59 bits per heavy atom. The molecule has 0 unspecified atom stereocenters. The predicted molar refractivity (Wildman–Crippen MR) is 133 cm³/mol. The van der Waals surface area contributed by atoms with Gasteiger partial charge in [0.15, 0.2) is 0 Å². The van der Waals surface area contributed by atoms with E-state index in [0.717, 1.165) is 33.7 Å². The maximum atomic E-state index is 13.3. The number of piperazine rings is 1. The molecule has 2 aromatic carbocycles. The molecule has 6 nitrogen and oxygen atoms in total. The molecule has 5 rings (SSSR count). The fourth-order valence-electron chi connectivity index (χ4n) is 4.45. The number of rotatable bonds is 5. The Hall–Kier alpha value is -3.45. The van der Waals surface area contributed by atoms with Gasteiger partial charge in [-0.25, -0.2) is 14.4 Å². The number of hydrogen-bond donors (Lipinski definition) is 1. The van der Waals surface area contributed by atoms with Crippen molar-refractivity contribution in [2.75, 3.05) is 31.1 Å². The average molecular weight is 478 g/mol. The minimum absolute atomic E-state index is 0.107. The number of aromatic amines is 1. The molecule has 1 N–H and O–H groups in total. The quantitative estimate of drug-likeness (QED) is 0.426. The van der Waals surface area contributed by atoms with Gasteiger partial charge in [-0.05, 0) is 59.5 Å². The van der Waals surface area contributed by atoms with E-state index in [1.54, 1.807) is 18.5 Å². The van der Waals surface area contributed by atoms with E-state index in [4.69, 9.17) is 11.6 Å². The number of fused-ring (bicyclic) bond motifs is 1. The van der Waals surface area contributed by atoms with Gasteiger partial charge < -0.3 is 14.8 Å². The number of halogens is 2. The van der Waals surface area contributed by atoms with Crippen LogP contribution in [0.15, 0.2) is 60.9 Å². The van der Waals surface area contributed by atoms with Gasteiger partial charge >= 0.3 is 0 Å². The van der Waals surface area contributed by atoms with Crippen molar-refractivity contribution in [3.05, 3.63) is 77.3 Å². The first-order chi connectivity index (χ1) is 16.5. The molecule has 1 saturated heterocycles. The van der Waals surface area contributed by atoms with Crippen LogP contribution in [0, 0.1) is 5.82 Å². The number of benzene rings is 2. The second kappa shape index (κ2) is 9.43. The Balaban J connectivity index is 1.26. The normalized spacial score (nSPS) is 15.0. The molecule has 1 aliphatic rings. The monoisotopic (exact) mass is 477 g/mol. The Morgan fingerprint density at radius 2 is 1.85 bits per heavy atom. The predicted octanol–water partition coefficient (Wildman–Crippen LogP) is 5.26. The lowest BCUT2D eigenvalue weighted by Crippen LogP contribution is -2.49. The molecule has 2 aromatic heterocycles. The number of aromatic nitrogens is 3. The van der Waals surface area contributed by atoms with Crippen molar-refractivity contribution >= 4 is 34.4 Å². The van der Waals surface area contributed by atoms with Crippen LogP contribution in [0.25, 0.3) is 22.3 Å². The van der Waals surface area contributed by atoms with E-state index in [1.165, 1.54) is 12.1 Å². The van der Waals surface area contributed by atoms with E-state index in [0.29, 0.717) is 37.6 Å². The summed E-state index contributed by atoms with van der Waals surface area (Å²) >= 11 is 6.10. The summed E-state index contributed by atoms with van der Waals surface area (Å²) in [4.78, 5) is 29.3. The van der Waals surface area contributed by atoms with Gasteiger partial charge in [0, 0.05) is 43.3 Å². The van der Waals surface area contributed by atoms with Crippen LogP contribution in [-0.4, -0.2) is 51.9 Å². The van der Waals surface area contributed by atoms with E-state index in [9.17, 15) is 9.18 Å². The van der Waals surface area contributed by atoms with Crippen molar-refractivity contribution in [1.82, 2.24) is 19.9 Å². The fourth-order valence-corrected chi connectivity index (χ4v) is 4.65. The van der Waals surface area contributed by atoms with E-state index in [2.05, 4.69) is 26.8 Å². The average Bonchev–Trinajstić information content (AvgIpc) is 3.29. The van der Waals surface area contributed by atoms with Gasteiger partial charge in [0.2, 0.25) is 5.91 Å². The summed E-state index contributed by atoms with van der Waals surface area (Å²) in [6.45, 7) is 4.73. The highest BCUT2D eigenvalue weighted by atomic mass is 35.5. The fraction of sp³-hybridized carbons (Fsp3) is 0.269. The Kier molecular flexibility index (Phi) is 6.20. The highest BCUT2D eigenvalue weighted by molar-refractivity contribution is 6.30. The second-order valence-corrected chi connectivity index (χ2v) is 9.11. The lowest BCUT2D eigenvalue weighted by atomic mass is 9.97. The molecular weight excluding hydrogens is 453 g/mol. The molecule has 0 radical (unpaired) electrons. The third-order valence-electron chi connectivity index (χ3n) is 6.39. The van der Waals surface area contributed by atoms with Gasteiger partial charge in [0.1, 0.15) is 23.6 Å². The first-order valence-corrected chi connectivity index (χ1v) is 11.7. The molecule has 1 amide bonds. The van der Waals surface area contributed by atoms with Crippen LogP contribution in [0.2, 0.25) is 5.02 Å². The zero-order valence-corrected chi connectivity index (χ0v) is 19.6. The van der Waals surface area contributed by atoms with Gasteiger partial charge in [-0.3, -0.25) is 4.79 Å². The SMILES string of the molecule is C[C@H](CC(=O)N1CCN(c2ncnc3[nH]c(-c4ccc(F)cc4)cc23)CC1)c1cccc(Cl)c1. The maximum absolute atomic E-state index is 13.3. The highest BCUT2D eigenvalue weighted by Crippen LogP contribution is 2.30. The number of H-pyrrole nitrogens is 1. The molecule has 1 aliphatic heterocycles. The zero-order valence-electron chi connectivity index (χ0n) is 18.8. The Labute approximate surface area is 202 Å². The molecule has 174 valence electrons. The minimum Gasteiger partial charge on any atom is -0.352 e. The van der Waals surface area contributed by atoms with E-state index in [-0.39, 0.29) is 17.6 Å². The number of nitrogens with one attached hydrogen (secondary N) is 1. The lowest BCUT2D eigenvalue weighted by molar-refractivity contribution is -0.131. The smallest absolute Gasteiger partial charge is 0.223 e. The standard InChI is InChI=1S/C26H25ClFN5O/c1-17(19-3-2-4-20(27)14-19)13-24(34)32-9-11-33(12-10-32)26-22-15-23(31-25(22)29-16-30-26)18-5-7-21(28)8-6-18/h2-8,14-17H,9-13H2,1H3,(H,29,30,31)/t17-/m1/s1. The summed E-state index contributed by atoms with van der Waals surface area (Å²) in [6.07, 6.45) is 2.00. The number of carbonyl (C=O) groups excluding carboxylic acids is 1. The minimum atomic E-state index is -0.269. The van der Waals surface area contributed by atoms with Crippen molar-refractivity contribution in [3.63, 3.8) is 0 Å². The first kappa shape index (κ1) is 22.3. The summed E-state index contributed by atoms with van der Waals surface area (Å²) < 4.78 is 13.3. The van der Waals surface area contributed by atoms with Gasteiger partial charge in [0.05, 0.1) is 5.39 Å². The van der Waals surface area contributed by atoms with Gasteiger partial charge in [-0.2, -0.15) is 0 Å². The van der Waals surface area contributed by atoms with E-state index < -0.39 is 0 Å². The number of amides is 1. The summed E-state index contributed by atoms with van der Waals surface area (Å²) in [7, 11) is 0. The zero-order chi connectivity index (χ0) is 23.7. The Bertz CT molecular complexity index is 1310.